The molecule has 5 heteroatoms. The van der Waals surface area contributed by atoms with Crippen molar-refractivity contribution in [3.63, 3.8) is 0 Å². The molecule has 17 heavy (non-hydrogen) atoms. The van der Waals surface area contributed by atoms with E-state index < -0.39 is 0 Å². The van der Waals surface area contributed by atoms with E-state index in [9.17, 15) is 9.59 Å². The zero-order valence-electron chi connectivity index (χ0n) is 9.84. The summed E-state index contributed by atoms with van der Waals surface area (Å²) in [5, 5.41) is 5.37. The van der Waals surface area contributed by atoms with Crippen molar-refractivity contribution in [1.29, 1.82) is 0 Å². The molecule has 0 aliphatic heterocycles. The number of benzene rings is 1. The molecule has 1 aromatic carbocycles. The van der Waals surface area contributed by atoms with Crippen LogP contribution in [0.4, 0.5) is 5.69 Å². The van der Waals surface area contributed by atoms with Crippen LogP contribution in [0.1, 0.15) is 22.8 Å². The van der Waals surface area contributed by atoms with Gasteiger partial charge in [0.2, 0.25) is 5.91 Å². The largest absolute Gasteiger partial charge is 0.352 e. The number of carbonyl (C=O) groups is 2. The SMILES string of the molecule is CCNC(=O)c1ccc(NC(=O)CCl)c(C)c1. The molecule has 0 radical (unpaired) electrons. The maximum Gasteiger partial charge on any atom is 0.251 e. The van der Waals surface area contributed by atoms with E-state index in [1.54, 1.807) is 18.2 Å². The fraction of sp³-hybridized carbons (Fsp3) is 0.333. The second-order valence-corrected chi connectivity index (χ2v) is 3.84. The van der Waals surface area contributed by atoms with Crippen LogP contribution in [0.3, 0.4) is 0 Å². The quantitative estimate of drug-likeness (QED) is 0.807. The molecule has 0 fully saturated rings. The normalized spacial score (nSPS) is 9.82. The van der Waals surface area contributed by atoms with Crippen molar-refractivity contribution in [2.75, 3.05) is 17.7 Å². The lowest BCUT2D eigenvalue weighted by Crippen LogP contribution is -2.22. The van der Waals surface area contributed by atoms with Crippen LogP contribution >= 0.6 is 11.6 Å². The van der Waals surface area contributed by atoms with E-state index in [0.29, 0.717) is 17.8 Å². The summed E-state index contributed by atoms with van der Waals surface area (Å²) in [6.45, 7) is 4.27. The first kappa shape index (κ1) is 13.5. The van der Waals surface area contributed by atoms with Gasteiger partial charge < -0.3 is 10.6 Å². The second-order valence-electron chi connectivity index (χ2n) is 3.57. The molecule has 0 unspecified atom stereocenters. The number of nitrogens with one attached hydrogen (secondary N) is 2. The third-order valence-corrected chi connectivity index (χ3v) is 2.46. The number of halogens is 1. The predicted octanol–water partition coefficient (Wildman–Crippen LogP) is 1.92. The summed E-state index contributed by atoms with van der Waals surface area (Å²) in [6.07, 6.45) is 0. The van der Waals surface area contributed by atoms with Crippen molar-refractivity contribution < 1.29 is 9.59 Å². The van der Waals surface area contributed by atoms with Gasteiger partial charge in [-0.2, -0.15) is 0 Å². The predicted molar refractivity (Wildman–Crippen MR) is 68.5 cm³/mol. The van der Waals surface area contributed by atoms with E-state index in [-0.39, 0.29) is 17.7 Å². The minimum atomic E-state index is -0.263. The number of rotatable bonds is 4. The van der Waals surface area contributed by atoms with Crippen LogP contribution in [-0.2, 0) is 4.79 Å². The summed E-state index contributed by atoms with van der Waals surface area (Å²) in [6, 6.07) is 5.10. The molecule has 0 bridgehead atoms. The van der Waals surface area contributed by atoms with Gasteiger partial charge in [0.25, 0.3) is 5.91 Å². The summed E-state index contributed by atoms with van der Waals surface area (Å²) in [5.74, 6) is -0.469. The van der Waals surface area contributed by atoms with E-state index >= 15 is 0 Å². The first-order valence-electron chi connectivity index (χ1n) is 5.33. The lowest BCUT2D eigenvalue weighted by molar-refractivity contribution is -0.113. The van der Waals surface area contributed by atoms with Crippen LogP contribution in [0.15, 0.2) is 18.2 Å². The second kappa shape index (κ2) is 6.25. The van der Waals surface area contributed by atoms with Crippen LogP contribution in [0.2, 0.25) is 0 Å². The van der Waals surface area contributed by atoms with Crippen LogP contribution in [0.25, 0.3) is 0 Å². The Morgan fingerprint density at radius 2 is 2.06 bits per heavy atom. The molecule has 0 saturated heterocycles. The summed E-state index contributed by atoms with van der Waals surface area (Å²) < 4.78 is 0. The zero-order valence-corrected chi connectivity index (χ0v) is 10.6. The van der Waals surface area contributed by atoms with E-state index in [1.807, 2.05) is 13.8 Å². The first-order chi connectivity index (χ1) is 8.08. The summed E-state index contributed by atoms with van der Waals surface area (Å²) in [4.78, 5) is 22.7. The summed E-state index contributed by atoms with van der Waals surface area (Å²) in [5.41, 5.74) is 2.07. The molecule has 0 aliphatic rings. The van der Waals surface area contributed by atoms with E-state index in [0.717, 1.165) is 5.56 Å². The number of hydrogen-bond acceptors (Lipinski definition) is 2. The molecule has 0 aliphatic carbocycles. The van der Waals surface area contributed by atoms with Crippen molar-refractivity contribution in [3.8, 4) is 0 Å². The highest BCUT2D eigenvalue weighted by Crippen LogP contribution is 2.16. The highest BCUT2D eigenvalue weighted by molar-refractivity contribution is 6.29. The fourth-order valence-corrected chi connectivity index (χ4v) is 1.46. The average Bonchev–Trinajstić information content (AvgIpc) is 2.31. The molecule has 1 aromatic rings. The van der Waals surface area contributed by atoms with Crippen LogP contribution in [0, 0.1) is 6.92 Å². The molecule has 0 aromatic heterocycles. The van der Waals surface area contributed by atoms with Gasteiger partial charge in [-0.3, -0.25) is 9.59 Å². The number of carbonyl (C=O) groups excluding carboxylic acids is 2. The van der Waals surface area contributed by atoms with Gasteiger partial charge in [0.15, 0.2) is 0 Å². The fourth-order valence-electron chi connectivity index (χ4n) is 1.39. The Labute approximate surface area is 105 Å². The Hall–Kier alpha value is -1.55. The van der Waals surface area contributed by atoms with E-state index in [4.69, 9.17) is 11.6 Å². The van der Waals surface area contributed by atoms with Crippen molar-refractivity contribution in [1.82, 2.24) is 5.32 Å². The Kier molecular flexibility index (Phi) is 4.97. The Bertz CT molecular complexity index is 433. The van der Waals surface area contributed by atoms with Gasteiger partial charge in [-0.1, -0.05) is 0 Å². The van der Waals surface area contributed by atoms with Crippen LogP contribution in [-0.4, -0.2) is 24.2 Å². The Balaban J connectivity index is 2.86. The Morgan fingerprint density at radius 1 is 1.35 bits per heavy atom. The number of amides is 2. The first-order valence-corrected chi connectivity index (χ1v) is 5.86. The topological polar surface area (TPSA) is 58.2 Å². The minimum absolute atomic E-state index is 0.0858. The standard InChI is InChI=1S/C12H15ClN2O2/c1-3-14-12(17)9-4-5-10(8(2)6-9)15-11(16)7-13/h4-6H,3,7H2,1-2H3,(H,14,17)(H,15,16). The lowest BCUT2D eigenvalue weighted by Gasteiger charge is -2.09. The highest BCUT2D eigenvalue weighted by atomic mass is 35.5. The maximum absolute atomic E-state index is 11.6. The highest BCUT2D eigenvalue weighted by Gasteiger charge is 2.08. The molecule has 1 rings (SSSR count). The van der Waals surface area contributed by atoms with Crippen LogP contribution < -0.4 is 10.6 Å². The van der Waals surface area contributed by atoms with E-state index in [1.165, 1.54) is 0 Å². The van der Waals surface area contributed by atoms with Crippen molar-refractivity contribution >= 4 is 29.1 Å². The van der Waals surface area contributed by atoms with Crippen molar-refractivity contribution in [2.45, 2.75) is 13.8 Å². The van der Waals surface area contributed by atoms with Gasteiger partial charge in [0.05, 0.1) is 0 Å². The molecule has 4 nitrogen and oxygen atoms in total. The van der Waals surface area contributed by atoms with Crippen molar-refractivity contribution in [3.05, 3.63) is 29.3 Å². The smallest absolute Gasteiger partial charge is 0.251 e. The maximum atomic E-state index is 11.6. The molecule has 0 heterocycles. The van der Waals surface area contributed by atoms with Gasteiger partial charge in [-0.05, 0) is 37.6 Å². The third-order valence-electron chi connectivity index (χ3n) is 2.22. The number of hydrogen-bond donors (Lipinski definition) is 2. The monoisotopic (exact) mass is 254 g/mol. The molecule has 2 N–H and O–H groups in total. The van der Waals surface area contributed by atoms with Gasteiger partial charge in [0, 0.05) is 17.8 Å². The third kappa shape index (κ3) is 3.75. The van der Waals surface area contributed by atoms with Gasteiger partial charge in [-0.25, -0.2) is 0 Å². The van der Waals surface area contributed by atoms with Crippen molar-refractivity contribution in [2.24, 2.45) is 0 Å². The number of anilines is 1. The molecule has 0 spiro atoms. The Morgan fingerprint density at radius 3 is 2.59 bits per heavy atom. The van der Waals surface area contributed by atoms with Gasteiger partial charge in [-0.15, -0.1) is 11.6 Å². The van der Waals surface area contributed by atoms with Crippen LogP contribution in [0.5, 0.6) is 0 Å². The molecule has 0 atom stereocenters. The average molecular weight is 255 g/mol. The van der Waals surface area contributed by atoms with Gasteiger partial charge in [0.1, 0.15) is 5.88 Å². The summed E-state index contributed by atoms with van der Waals surface area (Å²) in [7, 11) is 0. The lowest BCUT2D eigenvalue weighted by atomic mass is 10.1. The molecule has 0 saturated carbocycles. The van der Waals surface area contributed by atoms with E-state index in [2.05, 4.69) is 10.6 Å². The zero-order chi connectivity index (χ0) is 12.8. The number of aryl methyl sites for hydroxylation is 1. The minimum Gasteiger partial charge on any atom is -0.352 e. The molecule has 2 amide bonds. The number of alkyl halides is 1. The molecular formula is C12H15ClN2O2. The van der Waals surface area contributed by atoms with Gasteiger partial charge >= 0.3 is 0 Å². The molecule has 92 valence electrons. The molecular weight excluding hydrogens is 240 g/mol. The summed E-state index contributed by atoms with van der Waals surface area (Å²) >= 11 is 5.40.